The molecule has 2 aliphatic rings. The molecular formula is C27H23N. The number of aromatic nitrogens is 1. The van der Waals surface area contributed by atoms with E-state index in [4.69, 9.17) is 4.98 Å². The van der Waals surface area contributed by atoms with E-state index in [1.807, 2.05) is 0 Å². The summed E-state index contributed by atoms with van der Waals surface area (Å²) in [5.41, 5.74) is 10.7. The van der Waals surface area contributed by atoms with E-state index in [1.165, 1.54) is 46.0 Å². The molecule has 1 saturated carbocycles. The van der Waals surface area contributed by atoms with Gasteiger partial charge < -0.3 is 0 Å². The molecule has 2 aliphatic carbocycles. The molecule has 6 rings (SSSR count). The summed E-state index contributed by atoms with van der Waals surface area (Å²) in [4.78, 5) is 5.19. The topological polar surface area (TPSA) is 12.9 Å². The SMILES string of the molecule is CC1(C)c2c(cccc2C2CC2)-c2c1c(-c1ccccc1)nc1ccccc21. The Morgan fingerprint density at radius 3 is 2.32 bits per heavy atom. The first-order valence-electron chi connectivity index (χ1n) is 10.3. The number of pyridine rings is 1. The van der Waals surface area contributed by atoms with Crippen LogP contribution >= 0.6 is 0 Å². The molecule has 28 heavy (non-hydrogen) atoms. The van der Waals surface area contributed by atoms with Gasteiger partial charge in [0.2, 0.25) is 0 Å². The second-order valence-corrected chi connectivity index (χ2v) is 8.76. The van der Waals surface area contributed by atoms with Gasteiger partial charge >= 0.3 is 0 Å². The molecule has 0 atom stereocenters. The highest BCUT2D eigenvalue weighted by molar-refractivity contribution is 6.04. The van der Waals surface area contributed by atoms with Crippen molar-refractivity contribution in [3.63, 3.8) is 0 Å². The van der Waals surface area contributed by atoms with Crippen LogP contribution in [0.2, 0.25) is 0 Å². The van der Waals surface area contributed by atoms with Crippen LogP contribution in [0.1, 0.15) is 49.3 Å². The number of hydrogen-bond donors (Lipinski definition) is 0. The van der Waals surface area contributed by atoms with Gasteiger partial charge in [0.25, 0.3) is 0 Å². The van der Waals surface area contributed by atoms with Gasteiger partial charge in [-0.2, -0.15) is 0 Å². The van der Waals surface area contributed by atoms with Gasteiger partial charge in [0, 0.05) is 16.4 Å². The zero-order valence-electron chi connectivity index (χ0n) is 16.4. The van der Waals surface area contributed by atoms with Crippen molar-refractivity contribution in [2.75, 3.05) is 0 Å². The van der Waals surface area contributed by atoms with Crippen LogP contribution in [-0.4, -0.2) is 4.98 Å². The van der Waals surface area contributed by atoms with E-state index in [9.17, 15) is 0 Å². The van der Waals surface area contributed by atoms with Crippen molar-refractivity contribution in [1.82, 2.24) is 4.98 Å². The summed E-state index contributed by atoms with van der Waals surface area (Å²) >= 11 is 0. The third-order valence-corrected chi connectivity index (χ3v) is 6.57. The first-order chi connectivity index (χ1) is 13.7. The number of hydrogen-bond acceptors (Lipinski definition) is 1. The fourth-order valence-corrected chi connectivity index (χ4v) is 5.24. The average molecular weight is 361 g/mol. The van der Waals surface area contributed by atoms with Gasteiger partial charge in [0.05, 0.1) is 11.2 Å². The van der Waals surface area contributed by atoms with Crippen LogP contribution in [0.3, 0.4) is 0 Å². The normalized spacial score (nSPS) is 16.8. The van der Waals surface area contributed by atoms with Crippen LogP contribution in [0.4, 0.5) is 0 Å². The minimum atomic E-state index is -0.0495. The summed E-state index contributed by atoms with van der Waals surface area (Å²) in [5, 5.41) is 1.27. The van der Waals surface area contributed by atoms with Gasteiger partial charge in [-0.25, -0.2) is 4.98 Å². The van der Waals surface area contributed by atoms with Crippen LogP contribution in [0.5, 0.6) is 0 Å². The molecule has 1 aromatic heterocycles. The zero-order chi connectivity index (χ0) is 18.9. The lowest BCUT2D eigenvalue weighted by atomic mass is 9.77. The molecular weight excluding hydrogens is 338 g/mol. The molecule has 0 unspecified atom stereocenters. The molecule has 0 radical (unpaired) electrons. The molecule has 0 bridgehead atoms. The predicted octanol–water partition coefficient (Wildman–Crippen LogP) is 7.09. The van der Waals surface area contributed by atoms with Crippen molar-refractivity contribution in [3.8, 4) is 22.4 Å². The van der Waals surface area contributed by atoms with E-state index < -0.39 is 0 Å². The van der Waals surface area contributed by atoms with E-state index in [0.29, 0.717) is 0 Å². The second-order valence-electron chi connectivity index (χ2n) is 8.76. The van der Waals surface area contributed by atoms with Crippen molar-refractivity contribution in [3.05, 3.63) is 89.5 Å². The fourth-order valence-electron chi connectivity index (χ4n) is 5.24. The fraction of sp³-hybridized carbons (Fsp3) is 0.222. The summed E-state index contributed by atoms with van der Waals surface area (Å²) < 4.78 is 0. The highest BCUT2D eigenvalue weighted by Gasteiger charge is 2.43. The Bertz CT molecular complexity index is 1230. The number of para-hydroxylation sites is 1. The van der Waals surface area contributed by atoms with Crippen molar-refractivity contribution >= 4 is 10.9 Å². The number of fused-ring (bicyclic) bond motifs is 5. The van der Waals surface area contributed by atoms with Crippen LogP contribution in [-0.2, 0) is 5.41 Å². The number of rotatable bonds is 2. The Morgan fingerprint density at radius 2 is 1.54 bits per heavy atom. The molecule has 4 aromatic rings. The zero-order valence-corrected chi connectivity index (χ0v) is 16.4. The maximum atomic E-state index is 5.19. The highest BCUT2D eigenvalue weighted by atomic mass is 14.7. The van der Waals surface area contributed by atoms with E-state index >= 15 is 0 Å². The Morgan fingerprint density at radius 1 is 0.786 bits per heavy atom. The summed E-state index contributed by atoms with van der Waals surface area (Å²) in [5.74, 6) is 0.739. The van der Waals surface area contributed by atoms with Crippen molar-refractivity contribution in [2.45, 2.75) is 38.0 Å². The Balaban J connectivity index is 1.78. The van der Waals surface area contributed by atoms with E-state index in [-0.39, 0.29) is 5.41 Å². The first-order valence-corrected chi connectivity index (χ1v) is 10.3. The largest absolute Gasteiger partial charge is 0.247 e. The van der Waals surface area contributed by atoms with E-state index in [0.717, 1.165) is 17.1 Å². The number of nitrogens with zero attached hydrogens (tertiary/aromatic N) is 1. The average Bonchev–Trinajstić information content (AvgIpc) is 3.54. The van der Waals surface area contributed by atoms with Crippen molar-refractivity contribution < 1.29 is 0 Å². The van der Waals surface area contributed by atoms with Crippen molar-refractivity contribution in [1.29, 1.82) is 0 Å². The quantitative estimate of drug-likeness (QED) is 0.371. The van der Waals surface area contributed by atoms with E-state index in [2.05, 4.69) is 86.6 Å². The monoisotopic (exact) mass is 361 g/mol. The van der Waals surface area contributed by atoms with Gasteiger partial charge in [-0.05, 0) is 52.6 Å². The summed E-state index contributed by atoms with van der Waals surface area (Å²) in [6.07, 6.45) is 2.65. The second kappa shape index (κ2) is 5.54. The maximum absolute atomic E-state index is 5.19. The lowest BCUT2D eigenvalue weighted by Gasteiger charge is -2.26. The Kier molecular flexibility index (Phi) is 3.18. The van der Waals surface area contributed by atoms with Gasteiger partial charge in [-0.1, -0.05) is 80.6 Å². The molecule has 0 N–H and O–H groups in total. The molecule has 1 heteroatoms. The summed E-state index contributed by atoms with van der Waals surface area (Å²) in [6, 6.07) is 26.3. The molecule has 136 valence electrons. The molecule has 0 spiro atoms. The third kappa shape index (κ3) is 2.10. The van der Waals surface area contributed by atoms with Crippen LogP contribution in [0.25, 0.3) is 33.3 Å². The lowest BCUT2D eigenvalue weighted by Crippen LogP contribution is -2.19. The molecule has 0 saturated heterocycles. The third-order valence-electron chi connectivity index (χ3n) is 6.57. The van der Waals surface area contributed by atoms with Gasteiger partial charge in [-0.15, -0.1) is 0 Å². The standard InChI is InChI=1S/C27H23N/c1-27(2)24-19(17-15-16-17)12-8-13-21(24)23-20-11-6-7-14-22(20)28-26(25(23)27)18-9-4-3-5-10-18/h3-14,17H,15-16H2,1-2H3. The summed E-state index contributed by atoms with van der Waals surface area (Å²) in [6.45, 7) is 4.79. The number of benzene rings is 3. The van der Waals surface area contributed by atoms with Gasteiger partial charge in [-0.3, -0.25) is 0 Å². The molecule has 1 nitrogen and oxygen atoms in total. The minimum absolute atomic E-state index is 0.0495. The Labute approximate surface area is 166 Å². The van der Waals surface area contributed by atoms with Crippen molar-refractivity contribution in [2.24, 2.45) is 0 Å². The summed E-state index contributed by atoms with van der Waals surface area (Å²) in [7, 11) is 0. The predicted molar refractivity (Wildman–Crippen MR) is 117 cm³/mol. The van der Waals surface area contributed by atoms with Gasteiger partial charge in [0.15, 0.2) is 0 Å². The van der Waals surface area contributed by atoms with E-state index in [1.54, 1.807) is 5.56 Å². The highest BCUT2D eigenvalue weighted by Crippen LogP contribution is 2.57. The van der Waals surface area contributed by atoms with Crippen LogP contribution in [0.15, 0.2) is 72.8 Å². The van der Waals surface area contributed by atoms with Gasteiger partial charge in [0.1, 0.15) is 0 Å². The smallest absolute Gasteiger partial charge is 0.0756 e. The lowest BCUT2D eigenvalue weighted by molar-refractivity contribution is 0.651. The molecule has 0 aliphatic heterocycles. The molecule has 3 aromatic carbocycles. The molecule has 1 fully saturated rings. The maximum Gasteiger partial charge on any atom is 0.0756 e. The minimum Gasteiger partial charge on any atom is -0.247 e. The first kappa shape index (κ1) is 16.1. The van der Waals surface area contributed by atoms with Crippen LogP contribution < -0.4 is 0 Å². The Hall–Kier alpha value is -2.93. The van der Waals surface area contributed by atoms with Crippen LogP contribution in [0, 0.1) is 0 Å². The molecule has 1 heterocycles. The molecule has 0 amide bonds.